The van der Waals surface area contributed by atoms with Gasteiger partial charge < -0.3 is 43.3 Å². The molecule has 282 valence electrons. The quantitative estimate of drug-likeness (QED) is 0.105. The predicted octanol–water partition coefficient (Wildman–Crippen LogP) is 5.02. The maximum Gasteiger partial charge on any atom is 0.514 e. The van der Waals surface area contributed by atoms with Crippen LogP contribution >= 0.6 is 0 Å². The van der Waals surface area contributed by atoms with Crippen molar-refractivity contribution in [3.63, 3.8) is 0 Å². The van der Waals surface area contributed by atoms with E-state index in [-0.39, 0.29) is 59.7 Å². The van der Waals surface area contributed by atoms with Crippen molar-refractivity contribution in [1.82, 2.24) is 19.9 Å². The van der Waals surface area contributed by atoms with Crippen LogP contribution in [0.5, 0.6) is 11.5 Å². The molecule has 4 atom stereocenters. The van der Waals surface area contributed by atoms with E-state index >= 15 is 0 Å². The molecule has 1 amide bonds. The van der Waals surface area contributed by atoms with Crippen molar-refractivity contribution in [2.45, 2.75) is 123 Å². The molecular weight excluding hydrogens is 677 g/mol. The number of benzene rings is 1. The number of nitro groups is 1. The van der Waals surface area contributed by atoms with Gasteiger partial charge >= 0.3 is 25.1 Å². The highest BCUT2D eigenvalue weighted by Crippen LogP contribution is 2.65. The minimum atomic E-state index is -1.00. The van der Waals surface area contributed by atoms with Crippen molar-refractivity contribution in [2.75, 3.05) is 13.1 Å². The normalized spacial score (nSPS) is 25.1. The minimum Gasteiger partial charge on any atom is -0.486 e. The number of rotatable bonds is 10. The highest BCUT2D eigenvalue weighted by atomic mass is 16.7. The number of amides is 1. The van der Waals surface area contributed by atoms with Crippen LogP contribution in [0.3, 0.4) is 0 Å². The first-order chi connectivity index (χ1) is 24.1. The first kappa shape index (κ1) is 37.5. The lowest BCUT2D eigenvalue weighted by Crippen LogP contribution is -2.65. The van der Waals surface area contributed by atoms with E-state index in [1.807, 2.05) is 0 Å². The fraction of sp³-hybridized carbons (Fsp3) is 0.686. The lowest BCUT2D eigenvalue weighted by atomic mass is 9.43. The van der Waals surface area contributed by atoms with Gasteiger partial charge in [-0.15, -0.1) is 0 Å². The van der Waals surface area contributed by atoms with E-state index in [1.54, 1.807) is 53.7 Å². The molecule has 16 nitrogen and oxygen atoms in total. The lowest BCUT2D eigenvalue weighted by Gasteiger charge is -2.64. The summed E-state index contributed by atoms with van der Waals surface area (Å²) in [5.41, 5.74) is -1.51. The van der Waals surface area contributed by atoms with Crippen molar-refractivity contribution in [1.29, 1.82) is 0 Å². The summed E-state index contributed by atoms with van der Waals surface area (Å²) in [6, 6.07) is 3.36. The number of carbonyl (C=O) groups is 3. The van der Waals surface area contributed by atoms with Crippen LogP contribution in [0.25, 0.3) is 0 Å². The van der Waals surface area contributed by atoms with Crippen LogP contribution < -0.4 is 9.47 Å². The van der Waals surface area contributed by atoms with Crippen molar-refractivity contribution < 1.29 is 47.6 Å². The maximum absolute atomic E-state index is 13.9. The SMILES string of the molecule is CC(C)(C)OC(=O)Oc1c(CCB2O[C@@H]3C[C@@H]4C[C@@H](C4(C)C)[C@]3(C)O2)ccc(OC2CN(C(=O)Cn3cc([N+](=O)[O-])nn3)C2)c1C(=O)OC(C)(C)C. The molecule has 2 bridgehead atoms. The van der Waals surface area contributed by atoms with Gasteiger partial charge in [0, 0.05) is 0 Å². The Bertz CT molecular complexity index is 1740. The van der Waals surface area contributed by atoms with Gasteiger partial charge in [0.1, 0.15) is 46.5 Å². The van der Waals surface area contributed by atoms with E-state index < -0.39 is 47.3 Å². The summed E-state index contributed by atoms with van der Waals surface area (Å²) >= 11 is 0. The van der Waals surface area contributed by atoms with Gasteiger partial charge in [0.05, 0.1) is 30.0 Å². The second kappa shape index (κ2) is 13.3. The standard InChI is InChI=1S/C35H48BN5O11/c1-32(2,3)49-30(43)28-23(47-22-16-39(17-22)27(42)19-40-18-26(37-38-40)41(45)46)11-10-20(29(28)48-31(44)50-33(4,5)6)12-13-36-51-25-15-21-14-24(34(21,7)8)35(25,9)52-36/h10-11,18,21-22,24-25H,12-17,19H2,1-9H3/t21-,24-,25+,35-/m0/s1. The fourth-order valence-electron chi connectivity index (χ4n) is 7.83. The molecule has 2 aliphatic heterocycles. The van der Waals surface area contributed by atoms with Gasteiger partial charge in [-0.1, -0.05) is 19.9 Å². The Morgan fingerprint density at radius 2 is 1.75 bits per heavy atom. The van der Waals surface area contributed by atoms with Gasteiger partial charge in [-0.25, -0.2) is 14.3 Å². The Morgan fingerprint density at radius 3 is 2.37 bits per heavy atom. The van der Waals surface area contributed by atoms with Crippen molar-refractivity contribution >= 4 is 31.0 Å². The Kier molecular flexibility index (Phi) is 9.60. The number of aryl methyl sites for hydroxylation is 1. The zero-order valence-electron chi connectivity index (χ0n) is 31.3. The number of ether oxygens (including phenoxy) is 4. The molecule has 7 rings (SSSR count). The van der Waals surface area contributed by atoms with Gasteiger partial charge in [0.15, 0.2) is 5.75 Å². The molecule has 3 heterocycles. The van der Waals surface area contributed by atoms with Gasteiger partial charge in [-0.05, 0) is 108 Å². The van der Waals surface area contributed by atoms with Gasteiger partial charge in [-0.3, -0.25) is 4.79 Å². The maximum atomic E-state index is 13.9. The number of esters is 1. The highest BCUT2D eigenvalue weighted by molar-refractivity contribution is 6.45. The second-order valence-corrected chi connectivity index (χ2v) is 17.0. The molecule has 0 unspecified atom stereocenters. The minimum absolute atomic E-state index is 0.00325. The molecular formula is C35H48BN5O11. The molecule has 3 aliphatic carbocycles. The van der Waals surface area contributed by atoms with Gasteiger partial charge in [0.2, 0.25) is 5.91 Å². The molecule has 17 heteroatoms. The van der Waals surface area contributed by atoms with Crippen molar-refractivity contribution in [3.8, 4) is 11.5 Å². The third kappa shape index (κ3) is 7.61. The van der Waals surface area contributed by atoms with Crippen LogP contribution in [-0.2, 0) is 36.5 Å². The molecule has 5 fully saturated rings. The average molecular weight is 726 g/mol. The first-order valence-corrected chi connectivity index (χ1v) is 17.7. The summed E-state index contributed by atoms with van der Waals surface area (Å²) in [4.78, 5) is 51.6. The summed E-state index contributed by atoms with van der Waals surface area (Å²) in [6.45, 7) is 17.2. The monoisotopic (exact) mass is 725 g/mol. The number of aromatic nitrogens is 3. The predicted molar refractivity (Wildman–Crippen MR) is 185 cm³/mol. The number of hydrogen-bond acceptors (Lipinski definition) is 13. The van der Waals surface area contributed by atoms with Crippen molar-refractivity contribution in [2.24, 2.45) is 17.3 Å². The molecule has 1 aromatic carbocycles. The highest BCUT2D eigenvalue weighted by Gasteiger charge is 2.67. The first-order valence-electron chi connectivity index (χ1n) is 17.7. The fourth-order valence-corrected chi connectivity index (χ4v) is 7.83. The van der Waals surface area contributed by atoms with Gasteiger partial charge in [-0.2, -0.15) is 0 Å². The van der Waals surface area contributed by atoms with Crippen LogP contribution in [0.15, 0.2) is 18.3 Å². The molecule has 52 heavy (non-hydrogen) atoms. The van der Waals surface area contributed by atoms with E-state index in [0.29, 0.717) is 30.1 Å². The van der Waals surface area contributed by atoms with Crippen LogP contribution in [0, 0.1) is 27.4 Å². The Morgan fingerprint density at radius 1 is 1.06 bits per heavy atom. The second-order valence-electron chi connectivity index (χ2n) is 17.0. The van der Waals surface area contributed by atoms with Crippen molar-refractivity contribution in [3.05, 3.63) is 39.6 Å². The molecule has 5 aliphatic rings. The summed E-state index contributed by atoms with van der Waals surface area (Å²) in [7, 11) is -0.484. The summed E-state index contributed by atoms with van der Waals surface area (Å²) < 4.78 is 37.5. The number of carbonyl (C=O) groups excluding carboxylic acids is 3. The third-order valence-electron chi connectivity index (χ3n) is 10.5. The van der Waals surface area contributed by atoms with E-state index in [2.05, 4.69) is 31.1 Å². The molecule has 0 N–H and O–H groups in total. The topological polar surface area (TPSA) is 184 Å². The largest absolute Gasteiger partial charge is 0.514 e. The Balaban J connectivity index is 1.22. The van der Waals surface area contributed by atoms with Crippen LogP contribution in [-0.4, -0.2) is 92.1 Å². The van der Waals surface area contributed by atoms with Crippen LogP contribution in [0.2, 0.25) is 6.32 Å². The zero-order valence-corrected chi connectivity index (χ0v) is 31.3. The molecule has 2 aromatic rings. The van der Waals surface area contributed by atoms with Crippen LogP contribution in [0.1, 0.15) is 91.1 Å². The molecule has 2 saturated heterocycles. The third-order valence-corrected chi connectivity index (χ3v) is 10.5. The molecule has 3 saturated carbocycles. The van der Waals surface area contributed by atoms with E-state index in [1.165, 1.54) is 4.90 Å². The Labute approximate surface area is 303 Å². The molecule has 0 radical (unpaired) electrons. The summed E-state index contributed by atoms with van der Waals surface area (Å²) in [5.74, 6) is -0.512. The van der Waals surface area contributed by atoms with Crippen LogP contribution in [0.4, 0.5) is 10.6 Å². The summed E-state index contributed by atoms with van der Waals surface area (Å²) in [5, 5.41) is 18.0. The van der Waals surface area contributed by atoms with Gasteiger partial charge in [0.25, 0.3) is 0 Å². The number of hydrogen-bond donors (Lipinski definition) is 0. The zero-order chi connectivity index (χ0) is 38.0. The van der Waals surface area contributed by atoms with E-state index in [4.69, 9.17) is 28.3 Å². The molecule has 0 spiro atoms. The lowest BCUT2D eigenvalue weighted by molar-refractivity contribution is -0.389. The molecule has 1 aromatic heterocycles. The number of nitrogens with zero attached hydrogens (tertiary/aromatic N) is 5. The smallest absolute Gasteiger partial charge is 0.486 e. The number of likely N-dealkylation sites (tertiary alicyclic amines) is 1. The Hall–Kier alpha value is -4.25. The summed E-state index contributed by atoms with van der Waals surface area (Å²) in [6.07, 6.45) is 2.42. The van der Waals surface area contributed by atoms with E-state index in [9.17, 15) is 24.5 Å². The average Bonchev–Trinajstić information content (AvgIpc) is 3.59. The van der Waals surface area contributed by atoms with E-state index in [0.717, 1.165) is 23.7 Å².